The SMILES string of the molecule is O=C(N[C@H](SCc1ccccc1)C(=O)c1ccccc1)c1ccccc1. The first-order chi connectivity index (χ1) is 12.7. The lowest BCUT2D eigenvalue weighted by atomic mass is 10.1. The number of carbonyl (C=O) groups excluding carboxylic acids is 2. The zero-order chi connectivity index (χ0) is 18.2. The van der Waals surface area contributed by atoms with Crippen LogP contribution < -0.4 is 5.32 Å². The number of Topliss-reactive ketones (excluding diaryl/α,β-unsaturated/α-hetero) is 1. The van der Waals surface area contributed by atoms with E-state index in [-0.39, 0.29) is 11.7 Å². The van der Waals surface area contributed by atoms with Crippen LogP contribution in [0.4, 0.5) is 0 Å². The molecule has 0 radical (unpaired) electrons. The quantitative estimate of drug-likeness (QED) is 0.496. The Morgan fingerprint density at radius 3 is 1.81 bits per heavy atom. The number of hydrogen-bond acceptors (Lipinski definition) is 3. The first kappa shape index (κ1) is 18.0. The van der Waals surface area contributed by atoms with Crippen molar-refractivity contribution in [2.45, 2.75) is 11.1 Å². The van der Waals surface area contributed by atoms with Crippen molar-refractivity contribution in [3.63, 3.8) is 0 Å². The summed E-state index contributed by atoms with van der Waals surface area (Å²) in [5.41, 5.74) is 2.24. The van der Waals surface area contributed by atoms with Crippen molar-refractivity contribution in [2.24, 2.45) is 0 Å². The van der Waals surface area contributed by atoms with Crippen LogP contribution >= 0.6 is 11.8 Å². The Balaban J connectivity index is 1.76. The van der Waals surface area contributed by atoms with E-state index >= 15 is 0 Å². The van der Waals surface area contributed by atoms with Gasteiger partial charge >= 0.3 is 0 Å². The van der Waals surface area contributed by atoms with Crippen molar-refractivity contribution in [3.8, 4) is 0 Å². The first-order valence-electron chi connectivity index (χ1n) is 8.35. The minimum Gasteiger partial charge on any atom is -0.333 e. The van der Waals surface area contributed by atoms with Gasteiger partial charge in [0.2, 0.25) is 0 Å². The minimum atomic E-state index is -0.648. The molecule has 3 rings (SSSR count). The third kappa shape index (κ3) is 4.83. The molecule has 0 saturated heterocycles. The van der Waals surface area contributed by atoms with Crippen LogP contribution in [0.25, 0.3) is 0 Å². The number of amides is 1. The minimum absolute atomic E-state index is 0.101. The Morgan fingerprint density at radius 2 is 1.23 bits per heavy atom. The van der Waals surface area contributed by atoms with Crippen LogP contribution in [0.2, 0.25) is 0 Å². The normalized spacial score (nSPS) is 11.5. The highest BCUT2D eigenvalue weighted by Crippen LogP contribution is 2.20. The fourth-order valence-electron chi connectivity index (χ4n) is 2.48. The Hall–Kier alpha value is -2.85. The lowest BCUT2D eigenvalue weighted by Gasteiger charge is -2.17. The molecule has 3 nitrogen and oxygen atoms in total. The molecular weight excluding hydrogens is 342 g/mol. The van der Waals surface area contributed by atoms with Gasteiger partial charge in [-0.05, 0) is 17.7 Å². The van der Waals surface area contributed by atoms with E-state index in [9.17, 15) is 9.59 Å². The fraction of sp³-hybridized carbons (Fsp3) is 0.0909. The first-order valence-corrected chi connectivity index (χ1v) is 9.39. The van der Waals surface area contributed by atoms with Crippen molar-refractivity contribution >= 4 is 23.5 Å². The maximum atomic E-state index is 12.9. The van der Waals surface area contributed by atoms with Gasteiger partial charge in [0.25, 0.3) is 5.91 Å². The third-order valence-electron chi connectivity index (χ3n) is 3.85. The van der Waals surface area contributed by atoms with Crippen molar-refractivity contribution in [2.75, 3.05) is 0 Å². The number of hydrogen-bond donors (Lipinski definition) is 1. The topological polar surface area (TPSA) is 46.2 Å². The Labute approximate surface area is 157 Å². The average molecular weight is 361 g/mol. The van der Waals surface area contributed by atoms with Gasteiger partial charge in [0.1, 0.15) is 5.37 Å². The fourth-order valence-corrected chi connectivity index (χ4v) is 3.51. The third-order valence-corrected chi connectivity index (χ3v) is 5.02. The molecule has 0 heterocycles. The lowest BCUT2D eigenvalue weighted by molar-refractivity contribution is 0.0892. The maximum absolute atomic E-state index is 12.9. The van der Waals surface area contributed by atoms with E-state index in [0.717, 1.165) is 5.56 Å². The van der Waals surface area contributed by atoms with E-state index in [2.05, 4.69) is 5.32 Å². The van der Waals surface area contributed by atoms with Gasteiger partial charge in [-0.25, -0.2) is 0 Å². The number of ketones is 1. The van der Waals surface area contributed by atoms with Crippen molar-refractivity contribution < 1.29 is 9.59 Å². The Kier molecular flexibility index (Phi) is 6.23. The van der Waals surface area contributed by atoms with Crippen LogP contribution in [0.3, 0.4) is 0 Å². The van der Waals surface area contributed by atoms with Crippen LogP contribution in [-0.2, 0) is 5.75 Å². The summed E-state index contributed by atoms with van der Waals surface area (Å²) in [5.74, 6) is 0.287. The van der Waals surface area contributed by atoms with E-state index in [0.29, 0.717) is 16.9 Å². The molecule has 0 saturated carbocycles. The van der Waals surface area contributed by atoms with Gasteiger partial charge in [-0.3, -0.25) is 9.59 Å². The van der Waals surface area contributed by atoms with E-state index in [1.165, 1.54) is 11.8 Å². The number of carbonyl (C=O) groups is 2. The molecule has 0 unspecified atom stereocenters. The van der Waals surface area contributed by atoms with Gasteiger partial charge in [0.15, 0.2) is 5.78 Å². The van der Waals surface area contributed by atoms with Crippen molar-refractivity contribution in [1.29, 1.82) is 0 Å². The van der Waals surface area contributed by atoms with E-state index in [4.69, 9.17) is 0 Å². The van der Waals surface area contributed by atoms with Crippen molar-refractivity contribution in [3.05, 3.63) is 108 Å². The molecule has 0 aliphatic rings. The second-order valence-electron chi connectivity index (χ2n) is 5.75. The molecule has 3 aromatic carbocycles. The summed E-state index contributed by atoms with van der Waals surface area (Å²) < 4.78 is 0. The predicted octanol–water partition coefficient (Wildman–Crippen LogP) is 4.56. The summed E-state index contributed by atoms with van der Waals surface area (Å²) in [7, 11) is 0. The molecule has 3 aromatic rings. The average Bonchev–Trinajstić information content (AvgIpc) is 2.72. The number of thioether (sulfide) groups is 1. The number of rotatable bonds is 7. The molecule has 1 atom stereocenters. The Bertz CT molecular complexity index is 851. The molecule has 0 aromatic heterocycles. The molecule has 0 aliphatic carbocycles. The van der Waals surface area contributed by atoms with Crippen LogP contribution in [0, 0.1) is 0 Å². The smallest absolute Gasteiger partial charge is 0.252 e. The molecule has 4 heteroatoms. The summed E-state index contributed by atoms with van der Waals surface area (Å²) in [5, 5.41) is 2.23. The Morgan fingerprint density at radius 1 is 0.731 bits per heavy atom. The van der Waals surface area contributed by atoms with Gasteiger partial charge in [-0.15, -0.1) is 11.8 Å². The second-order valence-corrected chi connectivity index (χ2v) is 6.84. The van der Waals surface area contributed by atoms with Gasteiger partial charge in [-0.1, -0.05) is 78.9 Å². The van der Waals surface area contributed by atoms with Gasteiger partial charge < -0.3 is 5.32 Å². The van der Waals surface area contributed by atoms with Crippen LogP contribution in [-0.4, -0.2) is 17.1 Å². The zero-order valence-corrected chi connectivity index (χ0v) is 15.0. The molecule has 0 fully saturated rings. The van der Waals surface area contributed by atoms with Gasteiger partial charge in [-0.2, -0.15) is 0 Å². The van der Waals surface area contributed by atoms with Gasteiger partial charge in [0, 0.05) is 16.9 Å². The summed E-state index contributed by atoms with van der Waals surface area (Å²) in [4.78, 5) is 25.4. The number of nitrogens with one attached hydrogen (secondary N) is 1. The highest BCUT2D eigenvalue weighted by atomic mass is 32.2. The predicted molar refractivity (Wildman–Crippen MR) is 106 cm³/mol. The zero-order valence-electron chi connectivity index (χ0n) is 14.2. The van der Waals surface area contributed by atoms with Crippen LogP contribution in [0.5, 0.6) is 0 Å². The summed E-state index contributed by atoms with van der Waals surface area (Å²) in [6.07, 6.45) is 0. The van der Waals surface area contributed by atoms with Crippen LogP contribution in [0.15, 0.2) is 91.0 Å². The number of benzene rings is 3. The molecule has 1 N–H and O–H groups in total. The monoisotopic (exact) mass is 361 g/mol. The van der Waals surface area contributed by atoms with E-state index < -0.39 is 5.37 Å². The summed E-state index contributed by atoms with van der Waals surface area (Å²) in [6.45, 7) is 0. The highest BCUT2D eigenvalue weighted by Gasteiger charge is 2.23. The standard InChI is InChI=1S/C22H19NO2S/c24-20(18-12-6-2-7-13-18)22(26-16-17-10-4-1-5-11-17)23-21(25)19-14-8-3-9-15-19/h1-15,22H,16H2,(H,23,25)/t22-/m1/s1. The lowest BCUT2D eigenvalue weighted by Crippen LogP contribution is -2.38. The molecular formula is C22H19NO2S. The van der Waals surface area contributed by atoms with E-state index in [1.807, 2.05) is 54.6 Å². The highest BCUT2D eigenvalue weighted by molar-refractivity contribution is 7.99. The largest absolute Gasteiger partial charge is 0.333 e. The van der Waals surface area contributed by atoms with Crippen LogP contribution in [0.1, 0.15) is 26.3 Å². The molecule has 0 spiro atoms. The molecule has 1 amide bonds. The molecule has 26 heavy (non-hydrogen) atoms. The maximum Gasteiger partial charge on any atom is 0.252 e. The summed E-state index contributed by atoms with van der Waals surface area (Å²) in [6, 6.07) is 27.9. The van der Waals surface area contributed by atoms with Gasteiger partial charge in [0.05, 0.1) is 0 Å². The second kappa shape index (κ2) is 9.02. The molecule has 0 aliphatic heterocycles. The molecule has 0 bridgehead atoms. The molecule has 130 valence electrons. The summed E-state index contributed by atoms with van der Waals surface area (Å²) >= 11 is 1.42. The van der Waals surface area contributed by atoms with E-state index in [1.54, 1.807) is 36.4 Å². The van der Waals surface area contributed by atoms with Crippen molar-refractivity contribution in [1.82, 2.24) is 5.32 Å².